The van der Waals surface area contributed by atoms with Gasteiger partial charge >= 0.3 is 0 Å². The molecule has 0 radical (unpaired) electrons. The van der Waals surface area contributed by atoms with Crippen LogP contribution < -0.4 is 0 Å². The van der Waals surface area contributed by atoms with Gasteiger partial charge in [0, 0.05) is 17.7 Å². The summed E-state index contributed by atoms with van der Waals surface area (Å²) in [5.41, 5.74) is 2.33. The van der Waals surface area contributed by atoms with Gasteiger partial charge in [0.25, 0.3) is 0 Å². The van der Waals surface area contributed by atoms with E-state index in [1.165, 1.54) is 19.1 Å². The number of nitrogens with zero attached hydrogens (tertiary/aromatic N) is 4. The van der Waals surface area contributed by atoms with Crippen molar-refractivity contribution >= 4 is 34.4 Å². The van der Waals surface area contributed by atoms with E-state index in [1.54, 1.807) is 10.6 Å². The highest BCUT2D eigenvalue weighted by Gasteiger charge is 2.26. The van der Waals surface area contributed by atoms with Gasteiger partial charge in [-0.25, -0.2) is 13.7 Å². The Bertz CT molecular complexity index is 743. The number of hydrogen-bond acceptors (Lipinski definition) is 3. The number of hydrogen-bond donors (Lipinski definition) is 0. The molecule has 1 saturated carbocycles. The van der Waals surface area contributed by atoms with E-state index in [0.717, 1.165) is 5.69 Å². The minimum Gasteiger partial charge on any atom is -0.234 e. The summed E-state index contributed by atoms with van der Waals surface area (Å²) in [6, 6.07) is 3.68. The Morgan fingerprint density at radius 3 is 2.76 bits per heavy atom. The number of rotatable bonds is 3. The molecular weight excluding hydrogens is 308 g/mol. The molecule has 1 fully saturated rings. The highest BCUT2D eigenvalue weighted by molar-refractivity contribution is 7.85. The van der Waals surface area contributed by atoms with Crippen LogP contribution >= 0.6 is 11.6 Å². The first-order valence-corrected chi connectivity index (χ1v) is 8.35. The second-order valence-corrected chi connectivity index (χ2v) is 8.53. The number of aromatic nitrogens is 3. The standard InChI is InChI=1S/C14H17ClN4OS/c1-14(2,3)21(20)16-8-10-6-13-17-11(9-4-5-9)7-12(15)19(13)18-10/h6-9H,4-5H2,1-3H3/b16-8+/t21-/m1/s1. The van der Waals surface area contributed by atoms with Crippen molar-refractivity contribution in [2.75, 3.05) is 0 Å². The molecule has 0 bridgehead atoms. The topological polar surface area (TPSA) is 59.6 Å². The molecule has 0 aromatic carbocycles. The van der Waals surface area contributed by atoms with Crippen LogP contribution in [-0.4, -0.2) is 29.8 Å². The zero-order valence-electron chi connectivity index (χ0n) is 12.2. The van der Waals surface area contributed by atoms with Gasteiger partial charge in [-0.2, -0.15) is 9.50 Å². The molecule has 1 aliphatic carbocycles. The lowest BCUT2D eigenvalue weighted by Crippen LogP contribution is -2.19. The molecule has 2 heterocycles. The number of fused-ring (bicyclic) bond motifs is 1. The Balaban J connectivity index is 1.92. The SMILES string of the molecule is CC(C)(C)[S@@](=O)/N=C/c1cc2nc(C3CC3)cc(Cl)n2n1. The van der Waals surface area contributed by atoms with Gasteiger partial charge in [-0.05, 0) is 39.7 Å². The molecule has 21 heavy (non-hydrogen) atoms. The molecular formula is C14H17ClN4OS. The Morgan fingerprint density at radius 2 is 2.14 bits per heavy atom. The van der Waals surface area contributed by atoms with Gasteiger partial charge in [-0.15, -0.1) is 0 Å². The average molecular weight is 325 g/mol. The van der Waals surface area contributed by atoms with Crippen LogP contribution in [0.15, 0.2) is 16.5 Å². The van der Waals surface area contributed by atoms with E-state index in [-0.39, 0.29) is 4.75 Å². The summed E-state index contributed by atoms with van der Waals surface area (Å²) in [6.07, 6.45) is 3.86. The summed E-state index contributed by atoms with van der Waals surface area (Å²) in [5, 5.41) is 4.87. The number of halogens is 1. The zero-order valence-corrected chi connectivity index (χ0v) is 13.8. The van der Waals surface area contributed by atoms with Crippen molar-refractivity contribution in [1.29, 1.82) is 0 Å². The largest absolute Gasteiger partial charge is 0.234 e. The molecule has 5 nitrogen and oxygen atoms in total. The van der Waals surface area contributed by atoms with Crippen molar-refractivity contribution in [3.8, 4) is 0 Å². The normalized spacial score (nSPS) is 17.7. The lowest BCUT2D eigenvalue weighted by Gasteiger charge is -2.12. The second kappa shape index (κ2) is 5.18. The fourth-order valence-corrected chi connectivity index (χ4v) is 2.64. The lowest BCUT2D eigenvalue weighted by molar-refractivity contribution is 0.651. The molecule has 0 unspecified atom stereocenters. The van der Waals surface area contributed by atoms with Crippen LogP contribution in [0.5, 0.6) is 0 Å². The van der Waals surface area contributed by atoms with Crippen molar-refractivity contribution in [3.63, 3.8) is 0 Å². The van der Waals surface area contributed by atoms with Gasteiger partial charge in [-0.1, -0.05) is 11.6 Å². The molecule has 0 amide bonds. The summed E-state index contributed by atoms with van der Waals surface area (Å²) in [7, 11) is -1.30. The van der Waals surface area contributed by atoms with E-state index >= 15 is 0 Å². The van der Waals surface area contributed by atoms with E-state index < -0.39 is 11.0 Å². The first kappa shape index (κ1) is 14.7. The smallest absolute Gasteiger partial charge is 0.157 e. The molecule has 0 N–H and O–H groups in total. The Kier molecular flexibility index (Phi) is 3.61. The highest BCUT2D eigenvalue weighted by Crippen LogP contribution is 2.39. The zero-order chi connectivity index (χ0) is 15.2. The van der Waals surface area contributed by atoms with Crippen LogP contribution in [0.25, 0.3) is 5.65 Å². The Labute approximate surface area is 131 Å². The van der Waals surface area contributed by atoms with E-state index in [1.807, 2.05) is 26.8 Å². The highest BCUT2D eigenvalue weighted by atomic mass is 35.5. The third-order valence-corrected chi connectivity index (χ3v) is 4.84. The van der Waals surface area contributed by atoms with Crippen molar-refractivity contribution in [1.82, 2.24) is 14.6 Å². The van der Waals surface area contributed by atoms with E-state index in [0.29, 0.717) is 22.4 Å². The third-order valence-electron chi connectivity index (χ3n) is 3.22. The Hall–Kier alpha value is -1.27. The lowest BCUT2D eigenvalue weighted by atomic mass is 10.3. The van der Waals surface area contributed by atoms with Crippen LogP contribution in [0, 0.1) is 0 Å². The first-order valence-electron chi connectivity index (χ1n) is 6.87. The van der Waals surface area contributed by atoms with Gasteiger partial charge in [0.2, 0.25) is 0 Å². The minimum atomic E-state index is -1.30. The van der Waals surface area contributed by atoms with Crippen LogP contribution in [0.3, 0.4) is 0 Å². The molecule has 3 rings (SSSR count). The fourth-order valence-electron chi connectivity index (χ4n) is 1.88. The summed E-state index contributed by atoms with van der Waals surface area (Å²) in [6.45, 7) is 5.64. The van der Waals surface area contributed by atoms with Crippen molar-refractivity contribution in [2.45, 2.75) is 44.3 Å². The predicted molar refractivity (Wildman–Crippen MR) is 85.5 cm³/mol. The molecule has 112 valence electrons. The second-order valence-electron chi connectivity index (χ2n) is 6.21. The quantitative estimate of drug-likeness (QED) is 0.643. The summed E-state index contributed by atoms with van der Waals surface area (Å²) in [5.74, 6) is 0.535. The molecule has 2 aromatic heterocycles. The molecule has 0 aliphatic heterocycles. The van der Waals surface area contributed by atoms with Gasteiger partial charge < -0.3 is 0 Å². The summed E-state index contributed by atoms with van der Waals surface area (Å²) >= 11 is 6.24. The van der Waals surface area contributed by atoms with Crippen LogP contribution in [0.4, 0.5) is 0 Å². The molecule has 0 spiro atoms. The van der Waals surface area contributed by atoms with Crippen molar-refractivity contribution in [3.05, 3.63) is 28.7 Å². The molecule has 1 aliphatic rings. The average Bonchev–Trinajstić information content (AvgIpc) is 3.15. The monoisotopic (exact) mass is 324 g/mol. The molecule has 1 atom stereocenters. The maximum Gasteiger partial charge on any atom is 0.157 e. The van der Waals surface area contributed by atoms with E-state index in [2.05, 4.69) is 14.5 Å². The summed E-state index contributed by atoms with van der Waals surface area (Å²) < 4.78 is 17.2. The van der Waals surface area contributed by atoms with Crippen molar-refractivity contribution < 1.29 is 4.21 Å². The van der Waals surface area contributed by atoms with Gasteiger partial charge in [0.1, 0.15) is 21.8 Å². The Morgan fingerprint density at radius 1 is 1.43 bits per heavy atom. The third kappa shape index (κ3) is 3.16. The van der Waals surface area contributed by atoms with E-state index in [9.17, 15) is 4.21 Å². The van der Waals surface area contributed by atoms with Crippen LogP contribution in [-0.2, 0) is 11.0 Å². The fraction of sp³-hybridized carbons (Fsp3) is 0.500. The summed E-state index contributed by atoms with van der Waals surface area (Å²) in [4.78, 5) is 4.57. The van der Waals surface area contributed by atoms with Crippen molar-refractivity contribution in [2.24, 2.45) is 4.40 Å². The predicted octanol–water partition coefficient (Wildman–Crippen LogP) is 3.14. The first-order chi connectivity index (χ1) is 9.84. The van der Waals surface area contributed by atoms with Gasteiger partial charge in [0.15, 0.2) is 5.65 Å². The maximum absolute atomic E-state index is 11.9. The molecule has 2 aromatic rings. The van der Waals surface area contributed by atoms with E-state index in [4.69, 9.17) is 11.6 Å². The van der Waals surface area contributed by atoms with Gasteiger partial charge in [-0.3, -0.25) is 0 Å². The van der Waals surface area contributed by atoms with Gasteiger partial charge in [0.05, 0.1) is 11.0 Å². The maximum atomic E-state index is 11.9. The molecule has 0 saturated heterocycles. The van der Waals surface area contributed by atoms with Crippen LogP contribution in [0.1, 0.15) is 50.9 Å². The minimum absolute atomic E-state index is 0.384. The van der Waals surface area contributed by atoms with Crippen LogP contribution in [0.2, 0.25) is 5.15 Å². The molecule has 7 heteroatoms.